The highest BCUT2D eigenvalue weighted by Gasteiger charge is 2.41. The van der Waals surface area contributed by atoms with E-state index in [1.807, 2.05) is 6.07 Å². The zero-order valence-corrected chi connectivity index (χ0v) is 14.2. The van der Waals surface area contributed by atoms with Gasteiger partial charge in [0.1, 0.15) is 11.8 Å². The molecule has 134 valence electrons. The summed E-state index contributed by atoms with van der Waals surface area (Å²) >= 11 is 0. The van der Waals surface area contributed by atoms with Gasteiger partial charge in [-0.05, 0) is 32.4 Å². The summed E-state index contributed by atoms with van der Waals surface area (Å²) in [5.41, 5.74) is 0.170. The second-order valence-corrected chi connectivity index (χ2v) is 5.97. The van der Waals surface area contributed by atoms with E-state index in [-0.39, 0.29) is 29.5 Å². The number of cyclic esters (lactones) is 1. The highest BCUT2D eigenvalue weighted by Crippen LogP contribution is 2.40. The molecule has 0 bridgehead atoms. The van der Waals surface area contributed by atoms with Crippen LogP contribution in [-0.2, 0) is 14.3 Å². The Bertz CT molecular complexity index is 914. The molecule has 1 atom stereocenters. The predicted molar refractivity (Wildman–Crippen MR) is 86.8 cm³/mol. The quantitative estimate of drug-likeness (QED) is 0.751. The van der Waals surface area contributed by atoms with Crippen LogP contribution in [0.5, 0.6) is 5.75 Å². The molecule has 0 N–H and O–H groups in total. The molecule has 3 amide bonds. The number of halogens is 1. The molecule has 1 aromatic rings. The first-order valence-electron chi connectivity index (χ1n) is 7.68. The molecule has 1 unspecified atom stereocenters. The molecule has 0 saturated carbocycles. The number of ether oxygens (including phenoxy) is 2. The fourth-order valence-electron chi connectivity index (χ4n) is 2.72. The highest BCUT2D eigenvalue weighted by atomic mass is 19.1. The lowest BCUT2D eigenvalue weighted by Gasteiger charge is -2.31. The maximum absolute atomic E-state index is 14.5. The highest BCUT2D eigenvalue weighted by molar-refractivity contribution is 6.24. The minimum absolute atomic E-state index is 0.0374. The number of amides is 3. The normalized spacial score (nSPS) is 17.5. The first-order chi connectivity index (χ1) is 12.3. The molecular weight excluding hydrogens is 345 g/mol. The van der Waals surface area contributed by atoms with E-state index in [9.17, 15) is 18.8 Å². The van der Waals surface area contributed by atoms with E-state index in [2.05, 4.69) is 0 Å². The van der Waals surface area contributed by atoms with Gasteiger partial charge in [-0.25, -0.2) is 14.1 Å². The molecule has 0 radical (unpaired) electrons. The summed E-state index contributed by atoms with van der Waals surface area (Å²) < 4.78 is 24.7. The Kier molecular flexibility index (Phi) is 4.12. The molecule has 1 fully saturated rings. The fraction of sp³-hybridized carbons (Fsp3) is 0.294. The smallest absolute Gasteiger partial charge is 0.427 e. The van der Waals surface area contributed by atoms with Crippen molar-refractivity contribution in [1.82, 2.24) is 0 Å². The van der Waals surface area contributed by atoms with Gasteiger partial charge in [-0.2, -0.15) is 5.26 Å². The lowest BCUT2D eigenvalue weighted by molar-refractivity contribution is -0.121. The van der Waals surface area contributed by atoms with E-state index < -0.39 is 29.8 Å². The van der Waals surface area contributed by atoms with Gasteiger partial charge in [0.15, 0.2) is 18.2 Å². The first kappa shape index (κ1) is 17.4. The third kappa shape index (κ3) is 2.56. The van der Waals surface area contributed by atoms with E-state index in [0.717, 1.165) is 17.0 Å². The van der Waals surface area contributed by atoms with Gasteiger partial charge in [-0.3, -0.25) is 14.5 Å². The monoisotopic (exact) mass is 359 g/mol. The number of hydrogen-bond acceptors (Lipinski definition) is 6. The number of hydrogen-bond donors (Lipinski definition) is 0. The van der Waals surface area contributed by atoms with Gasteiger partial charge in [0.05, 0.1) is 17.4 Å². The van der Waals surface area contributed by atoms with Crippen molar-refractivity contribution >= 4 is 29.3 Å². The Morgan fingerprint density at radius 1 is 1.27 bits per heavy atom. The number of anilines is 2. The van der Waals surface area contributed by atoms with Gasteiger partial charge in [0.25, 0.3) is 5.91 Å². The Hall–Kier alpha value is -3.41. The zero-order chi connectivity index (χ0) is 19.2. The van der Waals surface area contributed by atoms with Gasteiger partial charge in [0, 0.05) is 6.07 Å². The van der Waals surface area contributed by atoms with E-state index in [1.165, 1.54) is 6.92 Å². The number of benzene rings is 1. The molecule has 8 nitrogen and oxygen atoms in total. The maximum Gasteiger partial charge on any atom is 0.427 e. The molecule has 0 aromatic heterocycles. The van der Waals surface area contributed by atoms with Crippen LogP contribution in [0.15, 0.2) is 23.5 Å². The minimum Gasteiger partial charge on any atom is -0.481 e. The van der Waals surface area contributed by atoms with Crippen LogP contribution in [0.3, 0.4) is 0 Å². The van der Waals surface area contributed by atoms with Gasteiger partial charge >= 0.3 is 12.0 Å². The Morgan fingerprint density at radius 2 is 1.96 bits per heavy atom. The first-order valence-corrected chi connectivity index (χ1v) is 7.68. The number of fused-ring (bicyclic) bond motifs is 1. The third-order valence-electron chi connectivity index (χ3n) is 3.95. The van der Waals surface area contributed by atoms with Crippen molar-refractivity contribution in [3.8, 4) is 11.8 Å². The lowest BCUT2D eigenvalue weighted by atomic mass is 10.1. The summed E-state index contributed by atoms with van der Waals surface area (Å²) in [5.74, 6) is -2.35. The number of imide groups is 1. The van der Waals surface area contributed by atoms with Crippen LogP contribution in [0.2, 0.25) is 0 Å². The molecule has 2 aliphatic rings. The summed E-state index contributed by atoms with van der Waals surface area (Å²) in [7, 11) is 0. The molecule has 9 heteroatoms. The van der Waals surface area contributed by atoms with E-state index in [0.29, 0.717) is 10.5 Å². The number of nitriles is 1. The largest absolute Gasteiger partial charge is 0.481 e. The second kappa shape index (κ2) is 6.15. The molecule has 1 aromatic carbocycles. The van der Waals surface area contributed by atoms with Gasteiger partial charge in [0.2, 0.25) is 0 Å². The second-order valence-electron chi connectivity index (χ2n) is 5.97. The standard InChI is InChI=1S/C17H14FN3O5/c1-8(2)15-16(23)21(17(24)26-15)11-5-12-13(4-10(11)18)25-7-14(22)20(12)9(3)6-19/h4-5,9H,7H2,1-3H3. The van der Waals surface area contributed by atoms with Crippen LogP contribution in [0.1, 0.15) is 20.8 Å². The number of carbonyl (C=O) groups is 3. The third-order valence-corrected chi connectivity index (χ3v) is 3.95. The van der Waals surface area contributed by atoms with E-state index in [1.54, 1.807) is 13.8 Å². The SMILES string of the molecule is CC(C)=C1OC(=O)N(c2cc3c(cc2F)OCC(=O)N3C(C)C#N)C1=O. The van der Waals surface area contributed by atoms with Crippen molar-refractivity contribution in [3.63, 3.8) is 0 Å². The van der Waals surface area contributed by atoms with Crippen molar-refractivity contribution in [3.05, 3.63) is 29.3 Å². The van der Waals surface area contributed by atoms with Gasteiger partial charge < -0.3 is 9.47 Å². The van der Waals surface area contributed by atoms with Crippen LogP contribution >= 0.6 is 0 Å². The van der Waals surface area contributed by atoms with Crippen molar-refractivity contribution < 1.29 is 28.2 Å². The summed E-state index contributed by atoms with van der Waals surface area (Å²) in [4.78, 5) is 38.3. The van der Waals surface area contributed by atoms with Crippen molar-refractivity contribution in [2.75, 3.05) is 16.4 Å². The summed E-state index contributed by atoms with van der Waals surface area (Å²) in [6.45, 7) is 4.31. The lowest BCUT2D eigenvalue weighted by Crippen LogP contribution is -2.44. The van der Waals surface area contributed by atoms with E-state index >= 15 is 0 Å². The van der Waals surface area contributed by atoms with E-state index in [4.69, 9.17) is 14.7 Å². The molecule has 26 heavy (non-hydrogen) atoms. The summed E-state index contributed by atoms with van der Waals surface area (Å²) in [6.07, 6.45) is -1.05. The molecule has 2 heterocycles. The minimum atomic E-state index is -1.05. The predicted octanol–water partition coefficient (Wildman–Crippen LogP) is 2.24. The molecule has 1 saturated heterocycles. The van der Waals surface area contributed by atoms with Gasteiger partial charge in [-0.15, -0.1) is 0 Å². The molecule has 2 aliphatic heterocycles. The average molecular weight is 359 g/mol. The van der Waals surface area contributed by atoms with Crippen LogP contribution < -0.4 is 14.5 Å². The fourth-order valence-corrected chi connectivity index (χ4v) is 2.72. The maximum atomic E-state index is 14.5. The Balaban J connectivity index is 2.14. The van der Waals surface area contributed by atoms with Crippen molar-refractivity contribution in [2.45, 2.75) is 26.8 Å². The molecule has 3 rings (SSSR count). The van der Waals surface area contributed by atoms with Gasteiger partial charge in [-0.1, -0.05) is 0 Å². The van der Waals surface area contributed by atoms with Crippen LogP contribution in [0.4, 0.5) is 20.6 Å². The zero-order valence-electron chi connectivity index (χ0n) is 14.2. The summed E-state index contributed by atoms with van der Waals surface area (Å²) in [6, 6.07) is 3.17. The number of carbonyl (C=O) groups excluding carboxylic acids is 3. The molecule has 0 spiro atoms. The Morgan fingerprint density at radius 3 is 2.54 bits per heavy atom. The Labute approximate surface area is 148 Å². The van der Waals surface area contributed by atoms with Crippen LogP contribution in [-0.4, -0.2) is 30.6 Å². The van der Waals surface area contributed by atoms with Crippen LogP contribution in [0.25, 0.3) is 0 Å². The molecular formula is C17H14FN3O5. The van der Waals surface area contributed by atoms with Crippen LogP contribution in [0, 0.1) is 17.1 Å². The number of allylic oxidation sites excluding steroid dienone is 1. The topological polar surface area (TPSA) is 99.9 Å². The average Bonchev–Trinajstić information content (AvgIpc) is 2.89. The number of rotatable bonds is 2. The summed E-state index contributed by atoms with van der Waals surface area (Å²) in [5, 5.41) is 9.14. The number of nitrogens with zero attached hydrogens (tertiary/aromatic N) is 3. The van der Waals surface area contributed by atoms with Crippen molar-refractivity contribution in [2.24, 2.45) is 0 Å². The molecule has 0 aliphatic carbocycles. The van der Waals surface area contributed by atoms with Crippen molar-refractivity contribution in [1.29, 1.82) is 5.26 Å².